The number of aryl methyl sites for hydroxylation is 1. The highest BCUT2D eigenvalue weighted by atomic mass is 16.4. The molecule has 13 heavy (non-hydrogen) atoms. The number of Topliss-reactive ketones (excluding diaryl/α,β-unsaturated/α-hetero) is 1. The smallest absolute Gasteiger partial charge is 0.255 e. The summed E-state index contributed by atoms with van der Waals surface area (Å²) in [6, 6.07) is 0. The molecule has 0 aliphatic heterocycles. The summed E-state index contributed by atoms with van der Waals surface area (Å²) in [5.41, 5.74) is 0.143. The summed E-state index contributed by atoms with van der Waals surface area (Å²) < 4.78 is 5.20. The Kier molecular flexibility index (Phi) is 1.62. The lowest BCUT2D eigenvalue weighted by Crippen LogP contribution is -2.15. The van der Waals surface area contributed by atoms with Gasteiger partial charge in [-0.15, -0.1) is 0 Å². The van der Waals surface area contributed by atoms with Crippen molar-refractivity contribution >= 4 is 17.6 Å². The molecule has 0 saturated heterocycles. The van der Waals surface area contributed by atoms with Gasteiger partial charge in [0.25, 0.3) is 5.78 Å². The van der Waals surface area contributed by atoms with E-state index in [0.717, 1.165) is 0 Å². The first-order valence-corrected chi connectivity index (χ1v) is 3.99. The third-order valence-corrected chi connectivity index (χ3v) is 1.83. The molecule has 0 atom stereocenters. The number of hydrogen-bond acceptors (Lipinski definition) is 4. The van der Waals surface area contributed by atoms with Crippen molar-refractivity contribution in [2.24, 2.45) is 0 Å². The molecule has 1 aromatic rings. The van der Waals surface area contributed by atoms with E-state index in [1.165, 1.54) is 12.2 Å². The molecular formula is C9H7NO3. The first kappa shape index (κ1) is 7.91. The van der Waals surface area contributed by atoms with Crippen molar-refractivity contribution in [3.63, 3.8) is 0 Å². The Bertz CT molecular complexity index is 414. The van der Waals surface area contributed by atoms with Gasteiger partial charge in [-0.2, -0.15) is 0 Å². The summed E-state index contributed by atoms with van der Waals surface area (Å²) in [7, 11) is 0. The third kappa shape index (κ3) is 1.11. The molecule has 0 fully saturated rings. The zero-order valence-electron chi connectivity index (χ0n) is 7.03. The van der Waals surface area contributed by atoms with E-state index in [2.05, 4.69) is 4.98 Å². The van der Waals surface area contributed by atoms with Crippen LogP contribution in [0.5, 0.6) is 0 Å². The lowest BCUT2D eigenvalue weighted by atomic mass is 10.1. The van der Waals surface area contributed by atoms with Crippen LogP contribution in [0.3, 0.4) is 0 Å². The van der Waals surface area contributed by atoms with E-state index >= 15 is 0 Å². The zero-order valence-corrected chi connectivity index (χ0v) is 7.03. The van der Waals surface area contributed by atoms with Crippen LogP contribution in [-0.4, -0.2) is 16.6 Å². The van der Waals surface area contributed by atoms with Gasteiger partial charge in [-0.3, -0.25) is 9.59 Å². The Morgan fingerprint density at radius 3 is 2.85 bits per heavy atom. The summed E-state index contributed by atoms with van der Waals surface area (Å²) in [5.74, 6) is -0.247. The van der Waals surface area contributed by atoms with E-state index in [4.69, 9.17) is 4.42 Å². The van der Waals surface area contributed by atoms with Crippen molar-refractivity contribution in [3.8, 4) is 0 Å². The van der Waals surface area contributed by atoms with E-state index in [0.29, 0.717) is 18.1 Å². The monoisotopic (exact) mass is 177 g/mol. The van der Waals surface area contributed by atoms with Gasteiger partial charge in [0, 0.05) is 6.42 Å². The van der Waals surface area contributed by atoms with Gasteiger partial charge in [0.2, 0.25) is 5.78 Å². The fourth-order valence-electron chi connectivity index (χ4n) is 1.15. The minimum Gasteiger partial charge on any atom is -0.441 e. The van der Waals surface area contributed by atoms with Crippen LogP contribution in [0.15, 0.2) is 10.5 Å². The number of carbonyl (C=O) groups excluding carboxylic acids is 2. The molecule has 1 aliphatic carbocycles. The van der Waals surface area contributed by atoms with Crippen LogP contribution >= 0.6 is 0 Å². The molecular weight excluding hydrogens is 170 g/mol. The lowest BCUT2D eigenvalue weighted by Gasteiger charge is -1.96. The molecule has 0 bridgehead atoms. The second kappa shape index (κ2) is 2.65. The number of carbonyl (C=O) groups is 2. The van der Waals surface area contributed by atoms with E-state index in [-0.39, 0.29) is 5.69 Å². The molecule has 1 heterocycles. The van der Waals surface area contributed by atoms with E-state index in [1.54, 1.807) is 0 Å². The second-order valence-corrected chi connectivity index (χ2v) is 2.70. The number of allylic oxidation sites excluding steroid dienone is 1. The standard InChI is InChI=1S/C9H7NO3/c1-2-7-10-8-6(13-7)4-3-5(11)9(8)12/h3-4H,2H2,1H3. The number of rotatable bonds is 1. The Hall–Kier alpha value is -1.71. The summed E-state index contributed by atoms with van der Waals surface area (Å²) in [6.07, 6.45) is 3.29. The van der Waals surface area contributed by atoms with Crippen LogP contribution in [0.4, 0.5) is 0 Å². The van der Waals surface area contributed by atoms with Crippen molar-refractivity contribution in [2.75, 3.05) is 0 Å². The van der Waals surface area contributed by atoms with Gasteiger partial charge in [-0.25, -0.2) is 4.98 Å². The number of nitrogens with zero attached hydrogens (tertiary/aromatic N) is 1. The van der Waals surface area contributed by atoms with Crippen LogP contribution in [0.25, 0.3) is 6.08 Å². The van der Waals surface area contributed by atoms with E-state index in [9.17, 15) is 9.59 Å². The van der Waals surface area contributed by atoms with Gasteiger partial charge in [0.1, 0.15) is 0 Å². The molecule has 1 aromatic heterocycles. The molecule has 4 nitrogen and oxygen atoms in total. The normalized spacial score (nSPS) is 14.8. The minimum absolute atomic E-state index is 0.143. The lowest BCUT2D eigenvalue weighted by molar-refractivity contribution is -0.111. The number of oxazole rings is 1. The van der Waals surface area contributed by atoms with E-state index < -0.39 is 11.6 Å². The minimum atomic E-state index is -0.582. The summed E-state index contributed by atoms with van der Waals surface area (Å²) >= 11 is 0. The van der Waals surface area contributed by atoms with Crippen LogP contribution in [0.1, 0.15) is 29.1 Å². The first-order chi connectivity index (χ1) is 6.22. The first-order valence-electron chi connectivity index (χ1n) is 3.99. The summed E-state index contributed by atoms with van der Waals surface area (Å²) in [5, 5.41) is 0. The van der Waals surface area contributed by atoms with Crippen molar-refractivity contribution < 1.29 is 14.0 Å². The van der Waals surface area contributed by atoms with Crippen molar-refractivity contribution in [1.29, 1.82) is 0 Å². The highest BCUT2D eigenvalue weighted by molar-refractivity contribution is 6.49. The average Bonchev–Trinajstić information content (AvgIpc) is 2.55. The predicted molar refractivity (Wildman–Crippen MR) is 44.3 cm³/mol. The number of hydrogen-bond donors (Lipinski definition) is 0. The molecule has 4 heteroatoms. The maximum absolute atomic E-state index is 11.2. The van der Waals surface area contributed by atoms with Crippen LogP contribution in [0, 0.1) is 0 Å². The van der Waals surface area contributed by atoms with Gasteiger partial charge in [-0.05, 0) is 12.2 Å². The molecule has 0 unspecified atom stereocenters. The van der Waals surface area contributed by atoms with Crippen molar-refractivity contribution in [1.82, 2.24) is 4.98 Å². The zero-order chi connectivity index (χ0) is 9.42. The van der Waals surface area contributed by atoms with Gasteiger partial charge >= 0.3 is 0 Å². The van der Waals surface area contributed by atoms with Crippen LogP contribution < -0.4 is 0 Å². The predicted octanol–water partition coefficient (Wildman–Crippen LogP) is 1.02. The molecule has 2 rings (SSSR count). The Morgan fingerprint density at radius 1 is 1.38 bits per heavy atom. The van der Waals surface area contributed by atoms with Crippen molar-refractivity contribution in [3.05, 3.63) is 23.4 Å². The molecule has 0 aromatic carbocycles. The molecule has 1 aliphatic rings. The second-order valence-electron chi connectivity index (χ2n) is 2.70. The van der Waals surface area contributed by atoms with Gasteiger partial charge < -0.3 is 4.42 Å². The van der Waals surface area contributed by atoms with Gasteiger partial charge in [0.15, 0.2) is 17.3 Å². The molecule has 0 N–H and O–H groups in total. The molecule has 0 radical (unpaired) electrons. The fraction of sp³-hybridized carbons (Fsp3) is 0.222. The van der Waals surface area contributed by atoms with Gasteiger partial charge in [-0.1, -0.05) is 6.92 Å². The van der Waals surface area contributed by atoms with Crippen molar-refractivity contribution in [2.45, 2.75) is 13.3 Å². The Balaban J connectivity index is 2.56. The van der Waals surface area contributed by atoms with Crippen LogP contribution in [-0.2, 0) is 11.2 Å². The number of fused-ring (bicyclic) bond motifs is 1. The maximum atomic E-state index is 11.2. The molecule has 0 saturated carbocycles. The summed E-state index contributed by atoms with van der Waals surface area (Å²) in [4.78, 5) is 26.1. The molecule has 0 spiro atoms. The average molecular weight is 177 g/mol. The SMILES string of the molecule is CCc1nc2c(o1)C=CC(=O)C2=O. The quantitative estimate of drug-likeness (QED) is 0.601. The number of ketones is 2. The highest BCUT2D eigenvalue weighted by Gasteiger charge is 2.26. The Labute approximate surface area is 74.3 Å². The third-order valence-electron chi connectivity index (χ3n) is 1.83. The fourth-order valence-corrected chi connectivity index (χ4v) is 1.15. The van der Waals surface area contributed by atoms with Crippen LogP contribution in [0.2, 0.25) is 0 Å². The van der Waals surface area contributed by atoms with E-state index in [1.807, 2.05) is 6.92 Å². The largest absolute Gasteiger partial charge is 0.441 e. The topological polar surface area (TPSA) is 60.2 Å². The number of aromatic nitrogens is 1. The summed E-state index contributed by atoms with van der Waals surface area (Å²) in [6.45, 7) is 1.87. The molecule has 0 amide bonds. The molecule has 66 valence electrons. The highest BCUT2D eigenvalue weighted by Crippen LogP contribution is 2.18. The maximum Gasteiger partial charge on any atom is 0.255 e. The Morgan fingerprint density at radius 2 is 2.15 bits per heavy atom. The van der Waals surface area contributed by atoms with Gasteiger partial charge in [0.05, 0.1) is 0 Å².